The van der Waals surface area contributed by atoms with Gasteiger partial charge in [-0.3, -0.25) is 9.05 Å². The Bertz CT molecular complexity index is 868. The van der Waals surface area contributed by atoms with Crippen molar-refractivity contribution in [2.45, 2.75) is 20.1 Å². The van der Waals surface area contributed by atoms with Crippen LogP contribution in [0.3, 0.4) is 0 Å². The first-order valence-electron chi connectivity index (χ1n) is 8.47. The zero-order valence-electron chi connectivity index (χ0n) is 14.9. The van der Waals surface area contributed by atoms with Crippen molar-refractivity contribution in [3.05, 3.63) is 100 Å². The van der Waals surface area contributed by atoms with Crippen LogP contribution in [0.25, 0.3) is 0 Å². The van der Waals surface area contributed by atoms with Gasteiger partial charge >= 0.3 is 7.82 Å². The zero-order chi connectivity index (χ0) is 19.1. The summed E-state index contributed by atoms with van der Waals surface area (Å²) in [5.41, 5.74) is 2.60. The van der Waals surface area contributed by atoms with Gasteiger partial charge in [-0.25, -0.2) is 4.57 Å². The molecule has 3 aromatic rings. The Balaban J connectivity index is 1.77. The Morgan fingerprint density at radius 2 is 1.33 bits per heavy atom. The average Bonchev–Trinajstić information content (AvgIpc) is 2.69. The fraction of sp³-hybridized carbons (Fsp3) is 0.143. The highest BCUT2D eigenvalue weighted by molar-refractivity contribution is 9.10. The maximum atomic E-state index is 13.3. The van der Waals surface area contributed by atoms with Crippen molar-refractivity contribution in [1.29, 1.82) is 0 Å². The average molecular weight is 447 g/mol. The van der Waals surface area contributed by atoms with Crippen LogP contribution in [0.1, 0.15) is 16.7 Å². The summed E-state index contributed by atoms with van der Waals surface area (Å²) >= 11 is 3.41. The fourth-order valence-electron chi connectivity index (χ4n) is 2.38. The smallest absolute Gasteiger partial charge is 0.404 e. The third kappa shape index (κ3) is 6.05. The molecule has 0 aliphatic rings. The topological polar surface area (TPSA) is 44.8 Å². The predicted molar refractivity (Wildman–Crippen MR) is 110 cm³/mol. The van der Waals surface area contributed by atoms with Crippen molar-refractivity contribution >= 4 is 23.8 Å². The number of aryl methyl sites for hydroxylation is 1. The Morgan fingerprint density at radius 3 is 1.81 bits per heavy atom. The minimum Gasteiger partial charge on any atom is -0.404 e. The monoisotopic (exact) mass is 446 g/mol. The van der Waals surface area contributed by atoms with E-state index >= 15 is 0 Å². The van der Waals surface area contributed by atoms with E-state index in [1.165, 1.54) is 0 Å². The summed E-state index contributed by atoms with van der Waals surface area (Å²) in [5, 5.41) is 0. The maximum absolute atomic E-state index is 13.3. The van der Waals surface area contributed by atoms with E-state index in [1.807, 2.05) is 79.7 Å². The summed E-state index contributed by atoms with van der Waals surface area (Å²) in [6, 6.07) is 24.4. The summed E-state index contributed by atoms with van der Waals surface area (Å²) in [6.45, 7) is 2.13. The highest BCUT2D eigenvalue weighted by Crippen LogP contribution is 2.51. The Hall–Kier alpha value is -1.91. The van der Waals surface area contributed by atoms with Crippen LogP contribution in [0.15, 0.2) is 83.3 Å². The van der Waals surface area contributed by atoms with Crippen LogP contribution in [0.2, 0.25) is 0 Å². The zero-order valence-corrected chi connectivity index (χ0v) is 17.4. The summed E-state index contributed by atoms with van der Waals surface area (Å²) < 4.78 is 31.2. The largest absolute Gasteiger partial charge is 0.530 e. The fourth-order valence-corrected chi connectivity index (χ4v) is 4.10. The van der Waals surface area contributed by atoms with Gasteiger partial charge in [0.15, 0.2) is 0 Å². The van der Waals surface area contributed by atoms with Crippen molar-refractivity contribution in [2.24, 2.45) is 0 Å². The molecule has 4 nitrogen and oxygen atoms in total. The van der Waals surface area contributed by atoms with Gasteiger partial charge in [-0.2, -0.15) is 0 Å². The number of phosphoric ester groups is 1. The highest BCUT2D eigenvalue weighted by Gasteiger charge is 2.29. The van der Waals surface area contributed by atoms with Gasteiger partial charge in [0.2, 0.25) is 0 Å². The molecule has 0 heterocycles. The van der Waals surface area contributed by atoms with E-state index in [0.717, 1.165) is 21.2 Å². The van der Waals surface area contributed by atoms with Crippen molar-refractivity contribution in [3.8, 4) is 5.75 Å². The van der Waals surface area contributed by atoms with Gasteiger partial charge in [-0.15, -0.1) is 0 Å². The lowest BCUT2D eigenvalue weighted by Gasteiger charge is -2.20. The van der Waals surface area contributed by atoms with Crippen molar-refractivity contribution in [2.75, 3.05) is 0 Å². The van der Waals surface area contributed by atoms with Crippen molar-refractivity contribution in [3.63, 3.8) is 0 Å². The Labute approximate surface area is 167 Å². The summed E-state index contributed by atoms with van der Waals surface area (Å²) in [7, 11) is -3.83. The minimum atomic E-state index is -3.83. The molecule has 0 amide bonds. The van der Waals surface area contributed by atoms with Gasteiger partial charge in [0.25, 0.3) is 0 Å². The quantitative estimate of drug-likeness (QED) is 0.362. The summed E-state index contributed by atoms with van der Waals surface area (Å²) in [5.74, 6) is 0.461. The molecule has 0 fully saturated rings. The second-order valence-corrected chi connectivity index (χ2v) is 8.48. The molecule has 0 aromatic heterocycles. The molecule has 0 aliphatic carbocycles. The van der Waals surface area contributed by atoms with Crippen LogP contribution in [-0.2, 0) is 26.8 Å². The van der Waals surface area contributed by atoms with Gasteiger partial charge in [-0.05, 0) is 41.8 Å². The van der Waals surface area contributed by atoms with Crippen molar-refractivity contribution in [1.82, 2.24) is 0 Å². The number of hydrogen-bond acceptors (Lipinski definition) is 4. The molecule has 140 valence electrons. The Morgan fingerprint density at radius 1 is 0.815 bits per heavy atom. The number of hydrogen-bond donors (Lipinski definition) is 0. The molecule has 0 spiro atoms. The van der Waals surface area contributed by atoms with Crippen LogP contribution in [0, 0.1) is 6.92 Å². The molecule has 0 aliphatic heterocycles. The molecule has 0 saturated heterocycles. The molecular formula is C21H20BrO4P. The minimum absolute atomic E-state index is 0.127. The predicted octanol–water partition coefficient (Wildman–Crippen LogP) is 6.68. The first-order chi connectivity index (χ1) is 13.0. The second-order valence-electron chi connectivity index (χ2n) is 5.97. The van der Waals surface area contributed by atoms with E-state index in [0.29, 0.717) is 5.75 Å². The first kappa shape index (κ1) is 19.8. The highest BCUT2D eigenvalue weighted by atomic mass is 79.9. The van der Waals surface area contributed by atoms with Crippen LogP contribution in [0.4, 0.5) is 0 Å². The van der Waals surface area contributed by atoms with E-state index in [1.54, 1.807) is 6.07 Å². The lowest BCUT2D eigenvalue weighted by Crippen LogP contribution is -2.04. The van der Waals surface area contributed by atoms with Gasteiger partial charge in [0.1, 0.15) is 5.75 Å². The van der Waals surface area contributed by atoms with E-state index in [2.05, 4.69) is 15.9 Å². The Kier molecular flexibility index (Phi) is 6.86. The number of benzene rings is 3. The van der Waals surface area contributed by atoms with Crippen LogP contribution in [-0.4, -0.2) is 0 Å². The second kappa shape index (κ2) is 9.34. The van der Waals surface area contributed by atoms with E-state index in [4.69, 9.17) is 13.6 Å². The number of rotatable bonds is 8. The van der Waals surface area contributed by atoms with E-state index in [-0.39, 0.29) is 13.2 Å². The molecule has 27 heavy (non-hydrogen) atoms. The van der Waals surface area contributed by atoms with Gasteiger partial charge in [0, 0.05) is 4.47 Å². The molecule has 0 saturated carbocycles. The molecule has 0 radical (unpaired) electrons. The van der Waals surface area contributed by atoms with Gasteiger partial charge < -0.3 is 4.52 Å². The normalized spacial score (nSPS) is 11.3. The molecule has 0 atom stereocenters. The molecule has 6 heteroatoms. The molecule has 0 bridgehead atoms. The lowest BCUT2D eigenvalue weighted by atomic mass is 10.2. The first-order valence-corrected chi connectivity index (χ1v) is 10.7. The van der Waals surface area contributed by atoms with Gasteiger partial charge in [-0.1, -0.05) is 76.6 Å². The van der Waals surface area contributed by atoms with Crippen molar-refractivity contribution < 1.29 is 18.1 Å². The number of halogens is 1. The van der Waals surface area contributed by atoms with Crippen LogP contribution < -0.4 is 4.52 Å². The SMILES string of the molecule is Cc1cc(Br)ccc1OP(=O)(OCc1ccccc1)OCc1ccccc1. The third-order valence-electron chi connectivity index (χ3n) is 3.81. The lowest BCUT2D eigenvalue weighted by molar-refractivity contribution is 0.143. The molecule has 3 aromatic carbocycles. The van der Waals surface area contributed by atoms with Gasteiger partial charge in [0.05, 0.1) is 13.2 Å². The molecule has 3 rings (SSSR count). The summed E-state index contributed by atoms with van der Waals surface area (Å²) in [6.07, 6.45) is 0. The standard InChI is InChI=1S/C21H20BrO4P/c1-17-14-20(22)12-13-21(17)26-27(23,24-15-18-8-4-2-5-9-18)25-16-19-10-6-3-7-11-19/h2-14H,15-16H2,1H3. The maximum Gasteiger partial charge on any atom is 0.530 e. The third-order valence-corrected chi connectivity index (χ3v) is 5.62. The molecular weight excluding hydrogens is 427 g/mol. The van der Waals surface area contributed by atoms with E-state index in [9.17, 15) is 4.57 Å². The molecule has 0 N–H and O–H groups in total. The van der Waals surface area contributed by atoms with Crippen LogP contribution >= 0.6 is 23.8 Å². The molecule has 0 unspecified atom stereocenters. The number of phosphoric acid groups is 1. The van der Waals surface area contributed by atoms with E-state index < -0.39 is 7.82 Å². The van der Waals surface area contributed by atoms with Crippen LogP contribution in [0.5, 0.6) is 5.75 Å². The summed E-state index contributed by atoms with van der Waals surface area (Å²) in [4.78, 5) is 0.